The van der Waals surface area contributed by atoms with Crippen molar-refractivity contribution in [2.24, 2.45) is 7.05 Å². The van der Waals surface area contributed by atoms with E-state index < -0.39 is 6.03 Å². The Morgan fingerprint density at radius 2 is 1.71 bits per heavy atom. The minimum absolute atomic E-state index is 0.245. The van der Waals surface area contributed by atoms with E-state index in [0.717, 1.165) is 42.5 Å². The fourth-order valence-electron chi connectivity index (χ4n) is 5.32. The summed E-state index contributed by atoms with van der Waals surface area (Å²) in [4.78, 5) is 32.4. The summed E-state index contributed by atoms with van der Waals surface area (Å²) in [6.07, 6.45) is 2.85. The molecular formula is C30H28ClN5O2. The minimum atomic E-state index is -0.405. The maximum atomic E-state index is 12.3. The van der Waals surface area contributed by atoms with Crippen molar-refractivity contribution in [3.8, 4) is 11.4 Å². The lowest BCUT2D eigenvalue weighted by molar-refractivity contribution is -0.120. The van der Waals surface area contributed by atoms with E-state index in [2.05, 4.69) is 63.7 Å². The summed E-state index contributed by atoms with van der Waals surface area (Å²) < 4.78 is 1.91. The van der Waals surface area contributed by atoms with Gasteiger partial charge in [-0.1, -0.05) is 60.1 Å². The molecule has 2 aliphatic rings. The van der Waals surface area contributed by atoms with Gasteiger partial charge in [0, 0.05) is 50.2 Å². The molecule has 3 heterocycles. The number of imidazole rings is 1. The first kappa shape index (κ1) is 24.4. The summed E-state index contributed by atoms with van der Waals surface area (Å²) in [7, 11) is 1.90. The molecular weight excluding hydrogens is 498 g/mol. The fraction of sp³-hybridized carbons (Fsp3) is 0.233. The Bertz CT molecular complexity index is 1530. The maximum Gasteiger partial charge on any atom is 0.329 e. The van der Waals surface area contributed by atoms with Gasteiger partial charge in [0.15, 0.2) is 0 Å². The number of nitrogens with zero attached hydrogens (tertiary/aromatic N) is 4. The maximum absolute atomic E-state index is 12.3. The number of rotatable bonds is 6. The second-order valence-corrected chi connectivity index (χ2v) is 10.4. The molecule has 0 spiro atoms. The van der Waals surface area contributed by atoms with Gasteiger partial charge in [-0.25, -0.2) is 9.78 Å². The van der Waals surface area contributed by atoms with Crippen LogP contribution in [0.5, 0.6) is 0 Å². The summed E-state index contributed by atoms with van der Waals surface area (Å²) in [6, 6.07) is 22.9. The Kier molecular flexibility index (Phi) is 6.47. The number of anilines is 1. The number of urea groups is 1. The van der Waals surface area contributed by atoms with E-state index in [1.165, 1.54) is 27.8 Å². The predicted molar refractivity (Wildman–Crippen MR) is 148 cm³/mol. The minimum Gasteiger partial charge on any atom is -0.314 e. The molecule has 1 N–H and O–H groups in total. The third kappa shape index (κ3) is 4.95. The van der Waals surface area contributed by atoms with Crippen LogP contribution in [0.3, 0.4) is 0 Å². The molecule has 3 amide bonds. The summed E-state index contributed by atoms with van der Waals surface area (Å²) in [5.41, 5.74) is 7.41. The van der Waals surface area contributed by atoms with Crippen molar-refractivity contribution in [1.82, 2.24) is 19.8 Å². The number of hydrogen-bond donors (Lipinski definition) is 1. The van der Waals surface area contributed by atoms with Crippen molar-refractivity contribution in [2.45, 2.75) is 32.5 Å². The third-order valence-electron chi connectivity index (χ3n) is 7.27. The highest BCUT2D eigenvalue weighted by atomic mass is 35.5. The molecule has 1 fully saturated rings. The van der Waals surface area contributed by atoms with Gasteiger partial charge in [0.05, 0.1) is 6.20 Å². The van der Waals surface area contributed by atoms with E-state index in [9.17, 15) is 9.59 Å². The highest BCUT2D eigenvalue weighted by Gasteiger charge is 2.27. The summed E-state index contributed by atoms with van der Waals surface area (Å²) in [5.74, 6) is 1.22. The number of carbonyl (C=O) groups is 2. The summed E-state index contributed by atoms with van der Waals surface area (Å²) >= 11 is 6.13. The molecule has 0 aliphatic carbocycles. The van der Waals surface area contributed by atoms with Gasteiger partial charge >= 0.3 is 6.03 Å². The van der Waals surface area contributed by atoms with Crippen LogP contribution in [-0.4, -0.2) is 32.9 Å². The Hall–Kier alpha value is -3.94. The number of imide groups is 1. The largest absolute Gasteiger partial charge is 0.329 e. The van der Waals surface area contributed by atoms with Gasteiger partial charge in [0.1, 0.15) is 11.6 Å². The molecule has 0 radical (unpaired) electrons. The van der Waals surface area contributed by atoms with Gasteiger partial charge in [0.25, 0.3) is 0 Å². The summed E-state index contributed by atoms with van der Waals surface area (Å²) in [6.45, 7) is 3.02. The fourth-order valence-corrected chi connectivity index (χ4v) is 5.53. The van der Waals surface area contributed by atoms with Crippen molar-refractivity contribution in [2.75, 3.05) is 11.4 Å². The zero-order chi connectivity index (χ0) is 26.2. The number of nitrogens with one attached hydrogen (secondary N) is 1. The van der Waals surface area contributed by atoms with E-state index in [1.807, 2.05) is 29.8 Å². The number of carbonyl (C=O) groups excluding carboxylic acids is 2. The molecule has 4 aromatic rings. The van der Waals surface area contributed by atoms with Crippen LogP contribution in [0.2, 0.25) is 5.02 Å². The lowest BCUT2D eigenvalue weighted by Crippen LogP contribution is -2.50. The van der Waals surface area contributed by atoms with Crippen molar-refractivity contribution in [3.05, 3.63) is 106 Å². The molecule has 192 valence electrons. The van der Waals surface area contributed by atoms with Gasteiger partial charge in [-0.15, -0.1) is 0 Å². The van der Waals surface area contributed by atoms with Gasteiger partial charge in [-0.3, -0.25) is 19.9 Å². The molecule has 0 unspecified atom stereocenters. The molecule has 7 nitrogen and oxygen atoms in total. The SMILES string of the molecule is Cn1c(N2CCC(=O)NC2=O)cnc1-c1ccc2c(c1)CN(Cc1ccc(Cc3cccc(Cl)c3)cc1)C2. The third-order valence-corrected chi connectivity index (χ3v) is 7.51. The first-order valence-corrected chi connectivity index (χ1v) is 13.1. The average molecular weight is 526 g/mol. The molecule has 0 saturated carbocycles. The quantitative estimate of drug-likeness (QED) is 0.371. The standard InChI is InChI=1S/C30H28ClN5O2/c1-34-28(36-12-11-27(37)33-30(36)38)16-32-29(34)23-9-10-24-18-35(19-25(24)15-23)17-21-7-5-20(6-8-21)13-22-3-2-4-26(31)14-22/h2-10,14-16H,11-13,17-19H2,1H3,(H,33,37,38). The van der Waals surface area contributed by atoms with Crippen LogP contribution in [0.15, 0.2) is 72.9 Å². The molecule has 1 aromatic heterocycles. The lowest BCUT2D eigenvalue weighted by Gasteiger charge is -2.26. The van der Waals surface area contributed by atoms with Gasteiger partial charge in [0.2, 0.25) is 5.91 Å². The Morgan fingerprint density at radius 1 is 0.921 bits per heavy atom. The highest BCUT2D eigenvalue weighted by molar-refractivity contribution is 6.30. The van der Waals surface area contributed by atoms with Crippen LogP contribution >= 0.6 is 11.6 Å². The normalized spacial score (nSPS) is 15.6. The van der Waals surface area contributed by atoms with E-state index >= 15 is 0 Å². The first-order valence-electron chi connectivity index (χ1n) is 12.7. The van der Waals surface area contributed by atoms with Crippen molar-refractivity contribution in [1.29, 1.82) is 0 Å². The molecule has 6 rings (SSSR count). The van der Waals surface area contributed by atoms with Crippen molar-refractivity contribution < 1.29 is 9.59 Å². The molecule has 0 atom stereocenters. The topological polar surface area (TPSA) is 70.5 Å². The molecule has 2 aliphatic heterocycles. The zero-order valence-electron chi connectivity index (χ0n) is 21.2. The van der Waals surface area contributed by atoms with E-state index in [1.54, 1.807) is 11.1 Å². The number of hydrogen-bond acceptors (Lipinski definition) is 4. The smallest absolute Gasteiger partial charge is 0.314 e. The Balaban J connectivity index is 1.12. The van der Waals surface area contributed by atoms with Crippen LogP contribution < -0.4 is 10.2 Å². The van der Waals surface area contributed by atoms with Crippen molar-refractivity contribution >= 4 is 29.4 Å². The van der Waals surface area contributed by atoms with Crippen LogP contribution in [0.25, 0.3) is 11.4 Å². The number of halogens is 1. The average Bonchev–Trinajstić information content (AvgIpc) is 3.47. The first-order chi connectivity index (χ1) is 18.4. The lowest BCUT2D eigenvalue weighted by atomic mass is 10.0. The van der Waals surface area contributed by atoms with Gasteiger partial charge in [-0.2, -0.15) is 0 Å². The number of fused-ring (bicyclic) bond motifs is 1. The second kappa shape index (κ2) is 10.1. The molecule has 38 heavy (non-hydrogen) atoms. The Morgan fingerprint density at radius 3 is 2.50 bits per heavy atom. The number of benzene rings is 3. The van der Waals surface area contributed by atoms with E-state index in [-0.39, 0.29) is 12.3 Å². The monoisotopic (exact) mass is 525 g/mol. The Labute approximate surface area is 226 Å². The highest BCUT2D eigenvalue weighted by Crippen LogP contribution is 2.31. The van der Waals surface area contributed by atoms with Crippen LogP contribution in [0, 0.1) is 0 Å². The van der Waals surface area contributed by atoms with E-state index in [0.29, 0.717) is 12.4 Å². The molecule has 8 heteroatoms. The van der Waals surface area contributed by atoms with Gasteiger partial charge in [-0.05, 0) is 52.4 Å². The molecule has 1 saturated heterocycles. The number of aromatic nitrogens is 2. The second-order valence-electron chi connectivity index (χ2n) is 10.0. The molecule has 0 bridgehead atoms. The van der Waals surface area contributed by atoms with Gasteiger partial charge < -0.3 is 4.57 Å². The van der Waals surface area contributed by atoms with Crippen LogP contribution in [-0.2, 0) is 37.9 Å². The predicted octanol–water partition coefficient (Wildman–Crippen LogP) is 5.29. The van der Waals surface area contributed by atoms with E-state index in [4.69, 9.17) is 11.6 Å². The van der Waals surface area contributed by atoms with Crippen molar-refractivity contribution in [3.63, 3.8) is 0 Å². The van der Waals surface area contributed by atoms with Crippen LogP contribution in [0.1, 0.15) is 34.2 Å². The van der Waals surface area contributed by atoms with Crippen LogP contribution in [0.4, 0.5) is 10.6 Å². The molecule has 3 aromatic carbocycles. The zero-order valence-corrected chi connectivity index (χ0v) is 21.9. The summed E-state index contributed by atoms with van der Waals surface area (Å²) in [5, 5.41) is 3.14. The number of amides is 3.